The molecule has 0 aromatic heterocycles. The highest BCUT2D eigenvalue weighted by atomic mass is 35.5. The number of amides is 1. The number of cyclic esters (lactones) is 1. The van der Waals surface area contributed by atoms with Gasteiger partial charge in [0.1, 0.15) is 34.7 Å². The van der Waals surface area contributed by atoms with Crippen molar-refractivity contribution >= 4 is 29.2 Å². The first-order valence-corrected chi connectivity index (χ1v) is 9.26. The molecule has 29 heavy (non-hydrogen) atoms. The van der Waals surface area contributed by atoms with Crippen LogP contribution in [-0.4, -0.2) is 38.4 Å². The molecule has 2 aromatic rings. The van der Waals surface area contributed by atoms with Crippen molar-refractivity contribution in [2.24, 2.45) is 0 Å². The van der Waals surface area contributed by atoms with Gasteiger partial charge < -0.3 is 30.5 Å². The Bertz CT molecular complexity index is 1020. The fraction of sp³-hybridized carbons (Fsp3) is 0.300. The molecule has 0 spiro atoms. The number of anilines is 1. The molecule has 1 aliphatic rings. The second-order valence-electron chi connectivity index (χ2n) is 6.95. The third-order valence-electron chi connectivity index (χ3n) is 4.86. The molecular formula is C20H20ClNO7. The molecule has 0 saturated carbocycles. The fourth-order valence-corrected chi connectivity index (χ4v) is 3.57. The number of phenols is 4. The standard InChI is InChI=1S/C20H20ClNO7/c1-8-5-11-9(2)13(23)6-12(19(11)27)22-16(26)4-3-10-17(20(28)29-8)14(24)7-15(25)18(10)21/h6-8,23-25,27H,3-5H2,1-2H3,(H,22,26). The van der Waals surface area contributed by atoms with Gasteiger partial charge in [-0.3, -0.25) is 4.79 Å². The molecule has 1 atom stereocenters. The van der Waals surface area contributed by atoms with E-state index >= 15 is 0 Å². The fourth-order valence-electron chi connectivity index (χ4n) is 3.32. The lowest BCUT2D eigenvalue weighted by molar-refractivity contribution is -0.116. The normalized spacial score (nSPS) is 17.3. The minimum Gasteiger partial charge on any atom is -0.508 e. The van der Waals surface area contributed by atoms with Crippen LogP contribution in [-0.2, 0) is 22.4 Å². The lowest BCUT2D eigenvalue weighted by Gasteiger charge is -2.19. The Morgan fingerprint density at radius 1 is 1.03 bits per heavy atom. The van der Waals surface area contributed by atoms with Crippen molar-refractivity contribution in [2.45, 2.75) is 39.2 Å². The van der Waals surface area contributed by atoms with Crippen molar-refractivity contribution in [2.75, 3.05) is 5.32 Å². The highest BCUT2D eigenvalue weighted by Crippen LogP contribution is 2.40. The lowest BCUT2D eigenvalue weighted by Crippen LogP contribution is -2.19. The molecule has 2 aromatic carbocycles. The quantitative estimate of drug-likeness (QED) is 0.250. The number of fused-ring (bicyclic) bond motifs is 3. The van der Waals surface area contributed by atoms with E-state index in [1.54, 1.807) is 13.8 Å². The number of halogens is 1. The Balaban J connectivity index is 2.13. The lowest BCUT2D eigenvalue weighted by atomic mass is 9.99. The van der Waals surface area contributed by atoms with Crippen LogP contribution in [0.5, 0.6) is 23.0 Å². The molecule has 1 amide bonds. The molecule has 0 radical (unpaired) electrons. The highest BCUT2D eigenvalue weighted by molar-refractivity contribution is 6.33. The number of rotatable bonds is 0. The number of phenolic OH excluding ortho intramolecular Hbond substituents is 4. The van der Waals surface area contributed by atoms with Gasteiger partial charge in [0.05, 0.1) is 10.7 Å². The van der Waals surface area contributed by atoms with Crippen LogP contribution in [0.15, 0.2) is 12.1 Å². The second kappa shape index (κ2) is 7.71. The molecule has 1 heterocycles. The molecule has 1 aliphatic heterocycles. The molecule has 2 bridgehead atoms. The van der Waals surface area contributed by atoms with E-state index in [1.807, 2.05) is 0 Å². The summed E-state index contributed by atoms with van der Waals surface area (Å²) >= 11 is 6.11. The first-order chi connectivity index (χ1) is 13.6. The number of aromatic hydroxyl groups is 4. The molecule has 3 rings (SSSR count). The van der Waals surface area contributed by atoms with Gasteiger partial charge in [0, 0.05) is 30.5 Å². The third-order valence-corrected chi connectivity index (χ3v) is 5.28. The molecule has 1 unspecified atom stereocenters. The summed E-state index contributed by atoms with van der Waals surface area (Å²) in [5, 5.41) is 43.1. The second-order valence-corrected chi connectivity index (χ2v) is 7.32. The number of ether oxygens (including phenoxy) is 1. The van der Waals surface area contributed by atoms with Crippen LogP contribution in [0.2, 0.25) is 5.02 Å². The Morgan fingerprint density at radius 3 is 2.41 bits per heavy atom. The Hall–Kier alpha value is -3.13. The molecule has 8 nitrogen and oxygen atoms in total. The summed E-state index contributed by atoms with van der Waals surface area (Å²) in [5.74, 6) is -2.73. The molecule has 0 aliphatic carbocycles. The van der Waals surface area contributed by atoms with Gasteiger partial charge in [-0.25, -0.2) is 4.79 Å². The maximum Gasteiger partial charge on any atom is 0.342 e. The summed E-state index contributed by atoms with van der Waals surface area (Å²) in [4.78, 5) is 25.1. The maximum atomic E-state index is 12.7. The van der Waals surface area contributed by atoms with Gasteiger partial charge in [0.15, 0.2) is 0 Å². The van der Waals surface area contributed by atoms with E-state index in [2.05, 4.69) is 5.32 Å². The number of esters is 1. The van der Waals surface area contributed by atoms with E-state index < -0.39 is 29.5 Å². The molecule has 154 valence electrons. The average Bonchev–Trinajstić information content (AvgIpc) is 2.64. The SMILES string of the molecule is Cc1c(O)cc2c(O)c1CC(C)OC(=O)c1c(O)cc(O)c(Cl)c1CCC(=O)N2. The third kappa shape index (κ3) is 3.88. The number of carbonyl (C=O) groups excluding carboxylic acids is 2. The minimum absolute atomic E-state index is 0.0240. The summed E-state index contributed by atoms with van der Waals surface area (Å²) in [6, 6.07) is 2.17. The van der Waals surface area contributed by atoms with Gasteiger partial charge >= 0.3 is 5.97 Å². The van der Waals surface area contributed by atoms with E-state index in [9.17, 15) is 30.0 Å². The first kappa shape index (κ1) is 20.6. The Morgan fingerprint density at radius 2 is 1.72 bits per heavy atom. The Labute approximate surface area is 171 Å². The zero-order chi connectivity index (χ0) is 21.5. The molecular weight excluding hydrogens is 402 g/mol. The summed E-state index contributed by atoms with van der Waals surface area (Å²) in [7, 11) is 0. The van der Waals surface area contributed by atoms with E-state index in [1.165, 1.54) is 6.07 Å². The van der Waals surface area contributed by atoms with Crippen LogP contribution in [0.4, 0.5) is 5.69 Å². The van der Waals surface area contributed by atoms with Crippen LogP contribution in [0.1, 0.15) is 40.4 Å². The topological polar surface area (TPSA) is 136 Å². The minimum atomic E-state index is -0.885. The van der Waals surface area contributed by atoms with Crippen molar-refractivity contribution in [1.82, 2.24) is 0 Å². The van der Waals surface area contributed by atoms with Crippen molar-refractivity contribution in [3.05, 3.63) is 39.4 Å². The van der Waals surface area contributed by atoms with E-state index in [4.69, 9.17) is 16.3 Å². The van der Waals surface area contributed by atoms with Crippen molar-refractivity contribution in [3.63, 3.8) is 0 Å². The molecule has 9 heteroatoms. The van der Waals surface area contributed by atoms with E-state index in [0.29, 0.717) is 11.1 Å². The molecule has 0 fully saturated rings. The van der Waals surface area contributed by atoms with Gasteiger partial charge in [-0.1, -0.05) is 11.6 Å². The number of carbonyl (C=O) groups is 2. The van der Waals surface area contributed by atoms with E-state index in [-0.39, 0.29) is 52.6 Å². The molecule has 5 N–H and O–H groups in total. The van der Waals surface area contributed by atoms with Crippen molar-refractivity contribution < 1.29 is 34.8 Å². The summed E-state index contributed by atoms with van der Waals surface area (Å²) in [6.07, 6.45) is -0.973. The van der Waals surface area contributed by atoms with Crippen molar-refractivity contribution in [3.8, 4) is 23.0 Å². The number of hydrogen-bond donors (Lipinski definition) is 5. The summed E-state index contributed by atoms with van der Waals surface area (Å²) < 4.78 is 5.40. The van der Waals surface area contributed by atoms with Crippen LogP contribution in [0.25, 0.3) is 0 Å². The predicted molar refractivity (Wildman–Crippen MR) is 105 cm³/mol. The number of nitrogens with one attached hydrogen (secondary N) is 1. The van der Waals surface area contributed by atoms with Gasteiger partial charge in [0.2, 0.25) is 5.91 Å². The van der Waals surface area contributed by atoms with Gasteiger partial charge in [-0.15, -0.1) is 0 Å². The Kier molecular flexibility index (Phi) is 5.48. The van der Waals surface area contributed by atoms with Crippen LogP contribution < -0.4 is 5.32 Å². The first-order valence-electron chi connectivity index (χ1n) is 8.88. The van der Waals surface area contributed by atoms with Gasteiger partial charge in [-0.2, -0.15) is 0 Å². The van der Waals surface area contributed by atoms with Crippen LogP contribution >= 0.6 is 11.6 Å². The van der Waals surface area contributed by atoms with Crippen LogP contribution in [0, 0.1) is 6.92 Å². The maximum absolute atomic E-state index is 12.7. The summed E-state index contributed by atoms with van der Waals surface area (Å²) in [5.41, 5.74) is 0.561. The van der Waals surface area contributed by atoms with Gasteiger partial charge in [0.25, 0.3) is 0 Å². The highest BCUT2D eigenvalue weighted by Gasteiger charge is 2.27. The van der Waals surface area contributed by atoms with Crippen molar-refractivity contribution in [1.29, 1.82) is 0 Å². The van der Waals surface area contributed by atoms with E-state index in [0.717, 1.165) is 6.07 Å². The monoisotopic (exact) mass is 421 g/mol. The van der Waals surface area contributed by atoms with Crippen LogP contribution in [0.3, 0.4) is 0 Å². The number of hydrogen-bond acceptors (Lipinski definition) is 7. The molecule has 0 saturated heterocycles. The number of benzene rings is 2. The zero-order valence-electron chi connectivity index (χ0n) is 15.7. The largest absolute Gasteiger partial charge is 0.508 e. The zero-order valence-corrected chi connectivity index (χ0v) is 16.5. The predicted octanol–water partition coefficient (Wildman–Crippen LogP) is 3.14. The smallest absolute Gasteiger partial charge is 0.342 e. The van der Waals surface area contributed by atoms with Gasteiger partial charge in [-0.05, 0) is 31.4 Å². The average molecular weight is 422 g/mol. The summed E-state index contributed by atoms with van der Waals surface area (Å²) in [6.45, 7) is 3.17.